The SMILES string of the molecule is C/C=S1/Nc2nc(cc(-c3c(C)cccc3C)n2)O[C@H]2C[C@H](CN(CCOC)C2)C(=O)Nc2cccc1c2. The first-order valence-corrected chi connectivity index (χ1v) is 14.3. The normalized spacial score (nSPS) is 21.7. The number of nitrogens with zero attached hydrogens (tertiary/aromatic N) is 3. The maximum atomic E-state index is 13.4. The molecule has 5 rings (SSSR count). The van der Waals surface area contributed by atoms with Gasteiger partial charge in [-0.3, -0.25) is 9.69 Å². The van der Waals surface area contributed by atoms with Crippen LogP contribution in [-0.2, 0) is 9.53 Å². The van der Waals surface area contributed by atoms with Crippen molar-refractivity contribution in [3.8, 4) is 17.1 Å². The van der Waals surface area contributed by atoms with Crippen molar-refractivity contribution in [3.05, 3.63) is 59.7 Å². The van der Waals surface area contributed by atoms with E-state index in [2.05, 4.69) is 52.4 Å². The molecule has 8 nitrogen and oxygen atoms in total. The van der Waals surface area contributed by atoms with E-state index in [4.69, 9.17) is 19.4 Å². The van der Waals surface area contributed by atoms with E-state index in [-0.39, 0.29) is 17.9 Å². The van der Waals surface area contributed by atoms with Crippen LogP contribution in [0, 0.1) is 19.8 Å². The maximum absolute atomic E-state index is 13.4. The Balaban J connectivity index is 1.61. The van der Waals surface area contributed by atoms with Crippen molar-refractivity contribution in [2.75, 3.05) is 43.4 Å². The molecule has 1 unspecified atom stereocenters. The number of carbonyl (C=O) groups is 1. The number of ether oxygens (including phenoxy) is 2. The van der Waals surface area contributed by atoms with Crippen molar-refractivity contribution in [1.29, 1.82) is 0 Å². The highest BCUT2D eigenvalue weighted by molar-refractivity contribution is 8.16. The summed E-state index contributed by atoms with van der Waals surface area (Å²) in [6.45, 7) is 8.88. The molecule has 6 bridgehead atoms. The molecule has 2 aliphatic rings. The number of aromatic nitrogens is 2. The number of piperidine rings is 1. The minimum Gasteiger partial charge on any atom is -0.473 e. The topological polar surface area (TPSA) is 88.6 Å². The molecule has 9 heteroatoms. The van der Waals surface area contributed by atoms with Crippen LogP contribution in [0.4, 0.5) is 11.6 Å². The Hall–Kier alpha value is -3.27. The van der Waals surface area contributed by atoms with Gasteiger partial charge in [0.1, 0.15) is 6.10 Å². The number of fused-ring (bicyclic) bond motifs is 6. The quantitative estimate of drug-likeness (QED) is 0.461. The molecule has 3 aromatic rings. The van der Waals surface area contributed by atoms with Gasteiger partial charge in [0.2, 0.25) is 17.7 Å². The molecular formula is C29H35N5O3S. The molecule has 0 aliphatic carbocycles. The minimum atomic E-state index is -0.484. The van der Waals surface area contributed by atoms with Crippen LogP contribution in [0.15, 0.2) is 53.4 Å². The molecule has 2 aromatic carbocycles. The number of rotatable bonds is 4. The van der Waals surface area contributed by atoms with E-state index in [1.807, 2.05) is 37.3 Å². The van der Waals surface area contributed by atoms with E-state index in [0.29, 0.717) is 37.9 Å². The van der Waals surface area contributed by atoms with E-state index >= 15 is 0 Å². The Morgan fingerprint density at radius 3 is 2.68 bits per heavy atom. The Morgan fingerprint density at radius 2 is 1.92 bits per heavy atom. The average molecular weight is 534 g/mol. The van der Waals surface area contributed by atoms with E-state index < -0.39 is 10.7 Å². The van der Waals surface area contributed by atoms with Crippen molar-refractivity contribution in [2.24, 2.45) is 5.92 Å². The third kappa shape index (κ3) is 5.90. The van der Waals surface area contributed by atoms with Gasteiger partial charge in [-0.2, -0.15) is 4.98 Å². The number of methoxy groups -OCH3 is 1. The first-order valence-electron chi connectivity index (χ1n) is 13.0. The average Bonchev–Trinajstić information content (AvgIpc) is 2.90. The zero-order chi connectivity index (χ0) is 26.6. The first-order chi connectivity index (χ1) is 18.4. The molecular weight excluding hydrogens is 498 g/mol. The monoisotopic (exact) mass is 533 g/mol. The molecule has 38 heavy (non-hydrogen) atoms. The summed E-state index contributed by atoms with van der Waals surface area (Å²) in [4.78, 5) is 26.4. The van der Waals surface area contributed by atoms with Crippen LogP contribution < -0.4 is 14.8 Å². The summed E-state index contributed by atoms with van der Waals surface area (Å²) in [6, 6.07) is 16.1. The number of likely N-dealkylation sites (tertiary alicyclic amines) is 1. The smallest absolute Gasteiger partial charge is 0.236 e. The standard InChI is InChI=1S/C29H35N5O3S/c1-5-38-24-11-7-10-22(15-24)30-28(35)21-14-23(18-34(17-21)12-13-36-4)37-26-16-25(31-29(32-26)33-38)27-19(2)8-6-9-20(27)3/h5-11,15-16,21,23H,12-14,17-18H2,1-4H3,(H,30,35)(H,31,32,33)/t21-,23+,38?/m1/s1. The first kappa shape index (κ1) is 26.3. The highest BCUT2D eigenvalue weighted by Gasteiger charge is 2.33. The van der Waals surface area contributed by atoms with Gasteiger partial charge in [0, 0.05) is 49.0 Å². The highest BCUT2D eigenvalue weighted by Crippen LogP contribution is 2.34. The van der Waals surface area contributed by atoms with Crippen molar-refractivity contribution >= 4 is 33.6 Å². The number of anilines is 2. The maximum Gasteiger partial charge on any atom is 0.236 e. The number of carbonyl (C=O) groups excluding carboxylic acids is 1. The molecule has 0 radical (unpaired) electrons. The second-order valence-corrected chi connectivity index (χ2v) is 11.6. The fourth-order valence-corrected chi connectivity index (χ4v) is 6.45. The lowest BCUT2D eigenvalue weighted by atomic mass is 9.94. The second kappa shape index (κ2) is 11.6. The molecule has 1 amide bonds. The number of hydrogen-bond donors (Lipinski definition) is 2. The van der Waals surface area contributed by atoms with Crippen molar-refractivity contribution in [1.82, 2.24) is 14.9 Å². The van der Waals surface area contributed by atoms with Crippen molar-refractivity contribution < 1.29 is 14.3 Å². The van der Waals surface area contributed by atoms with Crippen LogP contribution in [0.1, 0.15) is 24.5 Å². The summed E-state index contributed by atoms with van der Waals surface area (Å²) in [6.07, 6.45) is 0.406. The Bertz CT molecular complexity index is 1340. The van der Waals surface area contributed by atoms with E-state index in [1.54, 1.807) is 7.11 Å². The van der Waals surface area contributed by atoms with Gasteiger partial charge >= 0.3 is 0 Å². The molecule has 0 spiro atoms. The molecule has 2 N–H and O–H groups in total. The second-order valence-electron chi connectivity index (χ2n) is 9.80. The Kier molecular flexibility index (Phi) is 8.06. The van der Waals surface area contributed by atoms with Crippen LogP contribution in [0.2, 0.25) is 0 Å². The van der Waals surface area contributed by atoms with Crippen molar-refractivity contribution in [3.63, 3.8) is 0 Å². The highest BCUT2D eigenvalue weighted by atomic mass is 32.2. The Morgan fingerprint density at radius 1 is 1.13 bits per heavy atom. The third-order valence-corrected chi connectivity index (χ3v) is 8.63. The predicted octanol–water partition coefficient (Wildman–Crippen LogP) is 4.91. The molecule has 2 aliphatic heterocycles. The summed E-state index contributed by atoms with van der Waals surface area (Å²) >= 11 is 0. The van der Waals surface area contributed by atoms with Crippen LogP contribution in [0.3, 0.4) is 0 Å². The number of nitrogens with one attached hydrogen (secondary N) is 2. The lowest BCUT2D eigenvalue weighted by Gasteiger charge is -2.37. The zero-order valence-corrected chi connectivity index (χ0v) is 23.2. The molecule has 200 valence electrons. The molecule has 0 saturated carbocycles. The summed E-state index contributed by atoms with van der Waals surface area (Å²) in [7, 11) is 1.21. The molecule has 3 heterocycles. The van der Waals surface area contributed by atoms with Crippen LogP contribution in [0.25, 0.3) is 11.3 Å². The molecule has 3 atom stereocenters. The van der Waals surface area contributed by atoms with Gasteiger partial charge in [0.15, 0.2) is 0 Å². The van der Waals surface area contributed by atoms with Crippen LogP contribution >= 0.6 is 10.7 Å². The summed E-state index contributed by atoms with van der Waals surface area (Å²) in [5.41, 5.74) is 4.96. The van der Waals surface area contributed by atoms with Gasteiger partial charge in [-0.05, 0) is 61.9 Å². The fraction of sp³-hybridized carbons (Fsp3) is 0.379. The summed E-state index contributed by atoms with van der Waals surface area (Å²) < 4.78 is 15.4. The van der Waals surface area contributed by atoms with Gasteiger partial charge in [-0.15, -0.1) is 0 Å². The number of hydrogen-bond acceptors (Lipinski definition) is 7. The summed E-state index contributed by atoms with van der Waals surface area (Å²) in [5.74, 6) is 0.800. The number of aryl methyl sites for hydroxylation is 2. The molecule has 1 fully saturated rings. The van der Waals surface area contributed by atoms with E-state index in [9.17, 15) is 4.79 Å². The minimum absolute atomic E-state index is 0.00264. The largest absolute Gasteiger partial charge is 0.473 e. The van der Waals surface area contributed by atoms with Gasteiger partial charge in [-0.25, -0.2) is 4.98 Å². The van der Waals surface area contributed by atoms with Gasteiger partial charge in [0.25, 0.3) is 0 Å². The number of amides is 1. The molecule has 1 saturated heterocycles. The van der Waals surface area contributed by atoms with Gasteiger partial charge < -0.3 is 19.5 Å². The van der Waals surface area contributed by atoms with Gasteiger partial charge in [0.05, 0.1) is 18.2 Å². The van der Waals surface area contributed by atoms with E-state index in [0.717, 1.165) is 39.5 Å². The van der Waals surface area contributed by atoms with Gasteiger partial charge in [-0.1, -0.05) is 34.9 Å². The molecule has 1 aromatic heterocycles. The van der Waals surface area contributed by atoms with E-state index in [1.165, 1.54) is 0 Å². The van der Waals surface area contributed by atoms with Crippen molar-refractivity contribution in [2.45, 2.75) is 38.2 Å². The Labute approximate surface area is 226 Å². The van der Waals surface area contributed by atoms with Crippen LogP contribution in [-0.4, -0.2) is 65.6 Å². The predicted molar refractivity (Wildman–Crippen MR) is 154 cm³/mol. The lowest BCUT2D eigenvalue weighted by Crippen LogP contribution is -2.49. The summed E-state index contributed by atoms with van der Waals surface area (Å²) in [5, 5.41) is 5.23. The van der Waals surface area contributed by atoms with Crippen LogP contribution in [0.5, 0.6) is 5.88 Å². The number of benzene rings is 2. The fourth-order valence-electron chi connectivity index (χ4n) is 5.17. The zero-order valence-electron chi connectivity index (χ0n) is 22.4. The third-order valence-electron chi connectivity index (χ3n) is 6.99. The lowest BCUT2D eigenvalue weighted by molar-refractivity contribution is -0.123.